The number of nitrogens with one attached hydrogen (secondary N) is 1. The molecule has 7 heteroatoms. The maximum atomic E-state index is 12.1. The third kappa shape index (κ3) is 3.43. The third-order valence-electron chi connectivity index (χ3n) is 3.33. The van der Waals surface area contributed by atoms with Crippen LogP contribution in [0.2, 0.25) is 0 Å². The summed E-state index contributed by atoms with van der Waals surface area (Å²) in [5.74, 6) is -1.53. The molecular weight excluding hydrogens is 290 g/mol. The Hall–Kier alpha value is -2.41. The zero-order valence-electron chi connectivity index (χ0n) is 12.4. The van der Waals surface area contributed by atoms with Crippen molar-refractivity contribution in [3.8, 4) is 0 Å². The van der Waals surface area contributed by atoms with Crippen LogP contribution in [0.3, 0.4) is 0 Å². The average molecular weight is 307 g/mol. The molecule has 1 aliphatic heterocycles. The summed E-state index contributed by atoms with van der Waals surface area (Å²) in [5.41, 5.74) is 0.564. The van der Waals surface area contributed by atoms with Crippen molar-refractivity contribution in [3.05, 3.63) is 29.3 Å². The number of benzene rings is 1. The molecule has 1 aromatic rings. The van der Waals surface area contributed by atoms with E-state index in [0.29, 0.717) is 13.0 Å². The van der Waals surface area contributed by atoms with E-state index in [4.69, 9.17) is 4.74 Å². The highest BCUT2D eigenvalue weighted by atomic mass is 16.5. The van der Waals surface area contributed by atoms with E-state index in [1.54, 1.807) is 0 Å². The highest BCUT2D eigenvalue weighted by Crippen LogP contribution is 2.21. The highest BCUT2D eigenvalue weighted by molar-refractivity contribution is 6.04. The van der Waals surface area contributed by atoms with Crippen molar-refractivity contribution in [2.75, 3.05) is 26.1 Å². The van der Waals surface area contributed by atoms with Crippen molar-refractivity contribution in [1.82, 2.24) is 0 Å². The summed E-state index contributed by atoms with van der Waals surface area (Å²) in [6, 6.07) is 4.22. The Kier molecular flexibility index (Phi) is 5.11. The second-order valence-electron chi connectivity index (χ2n) is 4.73. The number of hydrogen-bond acceptors (Lipinski definition) is 6. The number of ether oxygens (including phenoxy) is 3. The molecule has 22 heavy (non-hydrogen) atoms. The normalized spacial score (nSPS) is 16.9. The van der Waals surface area contributed by atoms with Gasteiger partial charge in [0.1, 0.15) is 6.10 Å². The predicted octanol–water partition coefficient (Wildman–Crippen LogP) is 1.38. The first-order chi connectivity index (χ1) is 10.6. The second kappa shape index (κ2) is 7.04. The van der Waals surface area contributed by atoms with Crippen LogP contribution in [0.25, 0.3) is 0 Å². The van der Waals surface area contributed by atoms with Crippen LogP contribution in [0.1, 0.15) is 33.6 Å². The molecule has 0 unspecified atom stereocenters. The van der Waals surface area contributed by atoms with Gasteiger partial charge in [0.2, 0.25) is 0 Å². The Labute approximate surface area is 127 Å². The van der Waals surface area contributed by atoms with Crippen molar-refractivity contribution < 1.29 is 28.6 Å². The number of amides is 1. The summed E-state index contributed by atoms with van der Waals surface area (Å²) < 4.78 is 14.6. The quantitative estimate of drug-likeness (QED) is 0.845. The largest absolute Gasteiger partial charge is 0.465 e. The van der Waals surface area contributed by atoms with Gasteiger partial charge < -0.3 is 19.5 Å². The summed E-state index contributed by atoms with van der Waals surface area (Å²) >= 11 is 0. The van der Waals surface area contributed by atoms with Crippen molar-refractivity contribution in [2.45, 2.75) is 18.9 Å². The molecule has 1 aromatic carbocycles. The SMILES string of the molecule is COC(=O)c1ccc(C(=O)OC)c(NC(=O)[C@H]2CCCO2)c1. The topological polar surface area (TPSA) is 90.9 Å². The summed E-state index contributed by atoms with van der Waals surface area (Å²) in [5, 5.41) is 2.61. The van der Waals surface area contributed by atoms with Crippen LogP contribution < -0.4 is 5.32 Å². The van der Waals surface area contributed by atoms with Gasteiger partial charge in [-0.1, -0.05) is 0 Å². The van der Waals surface area contributed by atoms with E-state index in [1.807, 2.05) is 0 Å². The van der Waals surface area contributed by atoms with Gasteiger partial charge in [-0.3, -0.25) is 4.79 Å². The molecule has 118 valence electrons. The number of carbonyl (C=O) groups is 3. The smallest absolute Gasteiger partial charge is 0.339 e. The Bertz CT molecular complexity index is 592. The molecule has 0 aliphatic carbocycles. The first kappa shape index (κ1) is 16.0. The lowest BCUT2D eigenvalue weighted by atomic mass is 10.1. The van der Waals surface area contributed by atoms with Crippen LogP contribution in [0.4, 0.5) is 5.69 Å². The summed E-state index contributed by atoms with van der Waals surface area (Å²) in [6.45, 7) is 0.532. The number of rotatable bonds is 4. The Morgan fingerprint density at radius 3 is 2.50 bits per heavy atom. The lowest BCUT2D eigenvalue weighted by Crippen LogP contribution is -2.28. The molecule has 1 amide bonds. The lowest BCUT2D eigenvalue weighted by molar-refractivity contribution is -0.124. The number of anilines is 1. The van der Waals surface area contributed by atoms with Crippen LogP contribution in [-0.4, -0.2) is 44.8 Å². The summed E-state index contributed by atoms with van der Waals surface area (Å²) in [7, 11) is 2.49. The second-order valence-corrected chi connectivity index (χ2v) is 4.73. The molecule has 1 atom stereocenters. The van der Waals surface area contributed by atoms with E-state index in [9.17, 15) is 14.4 Å². The van der Waals surface area contributed by atoms with Gasteiger partial charge in [-0.2, -0.15) is 0 Å². The summed E-state index contributed by atoms with van der Waals surface area (Å²) in [6.07, 6.45) is 0.882. The number of carbonyl (C=O) groups excluding carboxylic acids is 3. The van der Waals surface area contributed by atoms with E-state index in [-0.39, 0.29) is 22.7 Å². The van der Waals surface area contributed by atoms with Crippen molar-refractivity contribution >= 4 is 23.5 Å². The van der Waals surface area contributed by atoms with Gasteiger partial charge in [0.25, 0.3) is 5.91 Å². The Morgan fingerprint density at radius 1 is 1.18 bits per heavy atom. The van der Waals surface area contributed by atoms with Crippen LogP contribution in [0, 0.1) is 0 Å². The molecular formula is C15H17NO6. The highest BCUT2D eigenvalue weighted by Gasteiger charge is 2.25. The fraction of sp³-hybridized carbons (Fsp3) is 0.400. The van der Waals surface area contributed by atoms with Gasteiger partial charge in [0.05, 0.1) is 31.0 Å². The van der Waals surface area contributed by atoms with Gasteiger partial charge in [-0.05, 0) is 31.0 Å². The fourth-order valence-corrected chi connectivity index (χ4v) is 2.18. The van der Waals surface area contributed by atoms with Crippen LogP contribution in [0.15, 0.2) is 18.2 Å². The van der Waals surface area contributed by atoms with Gasteiger partial charge in [-0.25, -0.2) is 9.59 Å². The minimum Gasteiger partial charge on any atom is -0.465 e. The van der Waals surface area contributed by atoms with E-state index >= 15 is 0 Å². The maximum absolute atomic E-state index is 12.1. The molecule has 1 aliphatic rings. The number of hydrogen-bond donors (Lipinski definition) is 1. The first-order valence-corrected chi connectivity index (χ1v) is 6.80. The standard InChI is InChI=1S/C15H17NO6/c1-20-14(18)9-5-6-10(15(19)21-2)11(8-9)16-13(17)12-4-3-7-22-12/h5-6,8,12H,3-4,7H2,1-2H3,(H,16,17)/t12-/m1/s1. The van der Waals surface area contributed by atoms with E-state index < -0.39 is 18.0 Å². The molecule has 1 N–H and O–H groups in total. The minimum absolute atomic E-state index is 0.154. The van der Waals surface area contributed by atoms with Gasteiger partial charge in [0.15, 0.2) is 0 Å². The lowest BCUT2D eigenvalue weighted by Gasteiger charge is -2.14. The maximum Gasteiger partial charge on any atom is 0.339 e. The molecule has 1 heterocycles. The van der Waals surface area contributed by atoms with Gasteiger partial charge in [0, 0.05) is 6.61 Å². The molecule has 1 saturated heterocycles. The number of methoxy groups -OCH3 is 2. The average Bonchev–Trinajstić information content (AvgIpc) is 3.07. The van der Waals surface area contributed by atoms with E-state index in [1.165, 1.54) is 32.4 Å². The molecule has 0 spiro atoms. The zero-order valence-corrected chi connectivity index (χ0v) is 12.4. The predicted molar refractivity (Wildman–Crippen MR) is 76.7 cm³/mol. The molecule has 0 saturated carbocycles. The molecule has 0 bridgehead atoms. The van der Waals surface area contributed by atoms with Crippen molar-refractivity contribution in [2.24, 2.45) is 0 Å². The minimum atomic E-state index is -0.612. The van der Waals surface area contributed by atoms with Crippen molar-refractivity contribution in [1.29, 1.82) is 0 Å². The van der Waals surface area contributed by atoms with Gasteiger partial charge in [-0.15, -0.1) is 0 Å². The van der Waals surface area contributed by atoms with Crippen molar-refractivity contribution in [3.63, 3.8) is 0 Å². The zero-order chi connectivity index (χ0) is 16.1. The fourth-order valence-electron chi connectivity index (χ4n) is 2.18. The van der Waals surface area contributed by atoms with Crippen LogP contribution in [0.5, 0.6) is 0 Å². The van der Waals surface area contributed by atoms with Crippen LogP contribution >= 0.6 is 0 Å². The molecule has 0 aromatic heterocycles. The Balaban J connectivity index is 2.29. The van der Waals surface area contributed by atoms with Gasteiger partial charge >= 0.3 is 11.9 Å². The van der Waals surface area contributed by atoms with E-state index in [2.05, 4.69) is 14.8 Å². The number of esters is 2. The Morgan fingerprint density at radius 2 is 1.91 bits per heavy atom. The monoisotopic (exact) mass is 307 g/mol. The van der Waals surface area contributed by atoms with Crippen LogP contribution in [-0.2, 0) is 19.0 Å². The molecule has 7 nitrogen and oxygen atoms in total. The molecule has 2 rings (SSSR count). The first-order valence-electron chi connectivity index (χ1n) is 6.80. The summed E-state index contributed by atoms with van der Waals surface area (Å²) in [4.78, 5) is 35.5. The molecule has 1 fully saturated rings. The third-order valence-corrected chi connectivity index (χ3v) is 3.33. The van der Waals surface area contributed by atoms with E-state index in [0.717, 1.165) is 6.42 Å². The molecule has 0 radical (unpaired) electrons.